The fourth-order valence-corrected chi connectivity index (χ4v) is 3.90. The van der Waals surface area contributed by atoms with E-state index in [0.29, 0.717) is 0 Å². The summed E-state index contributed by atoms with van der Waals surface area (Å²) < 4.78 is 36.0. The normalized spacial score (nSPS) is 16.6. The number of fused-ring (bicyclic) bond motifs is 1. The molecule has 0 unspecified atom stereocenters. The van der Waals surface area contributed by atoms with Crippen LogP contribution in [0.5, 0.6) is 0 Å². The highest BCUT2D eigenvalue weighted by Gasteiger charge is 2.43. The zero-order valence-corrected chi connectivity index (χ0v) is 15.4. The number of carbonyl (C=O) groups is 1. The molecule has 0 spiro atoms. The molecule has 0 radical (unpaired) electrons. The van der Waals surface area contributed by atoms with Gasteiger partial charge in [0.05, 0.1) is 10.3 Å². The highest BCUT2D eigenvalue weighted by Crippen LogP contribution is 2.40. The van der Waals surface area contributed by atoms with E-state index in [9.17, 15) is 17.8 Å². The lowest BCUT2D eigenvalue weighted by Gasteiger charge is -2.16. The summed E-state index contributed by atoms with van der Waals surface area (Å²) in [6.07, 6.45) is 0.846. The van der Waals surface area contributed by atoms with Gasteiger partial charge in [-0.2, -0.15) is 4.58 Å². The molecule has 1 heterocycles. The average Bonchev–Trinajstić information content (AvgIpc) is 2.62. The second-order valence-electron chi connectivity index (χ2n) is 6.19. The van der Waals surface area contributed by atoms with Crippen LogP contribution in [0.4, 0.5) is 5.69 Å². The third-order valence-electron chi connectivity index (χ3n) is 4.36. The Morgan fingerprint density at radius 2 is 2.00 bits per heavy atom. The molecule has 5 nitrogen and oxygen atoms in total. The highest BCUT2D eigenvalue weighted by molar-refractivity contribution is 8.13. The first kappa shape index (κ1) is 18.2. The quantitative estimate of drug-likeness (QED) is 0.461. The van der Waals surface area contributed by atoms with Crippen LogP contribution in [-0.2, 0) is 20.3 Å². The first-order chi connectivity index (χ1) is 10.5. The number of thioether (sulfide) groups is 1. The van der Waals surface area contributed by atoms with E-state index in [1.165, 1.54) is 23.9 Å². The van der Waals surface area contributed by atoms with Crippen molar-refractivity contribution in [2.24, 2.45) is 0 Å². The molecule has 23 heavy (non-hydrogen) atoms. The summed E-state index contributed by atoms with van der Waals surface area (Å²) in [7, 11) is -4.46. The summed E-state index contributed by atoms with van der Waals surface area (Å²) in [5.74, 6) is 0.752. The van der Waals surface area contributed by atoms with Crippen LogP contribution in [-0.4, -0.2) is 40.7 Å². The van der Waals surface area contributed by atoms with Crippen molar-refractivity contribution in [1.82, 2.24) is 0 Å². The van der Waals surface area contributed by atoms with Crippen LogP contribution in [0, 0.1) is 0 Å². The first-order valence-electron chi connectivity index (χ1n) is 7.40. The van der Waals surface area contributed by atoms with Gasteiger partial charge in [-0.3, -0.25) is 4.79 Å². The topological polar surface area (TPSA) is 77.3 Å². The Morgan fingerprint density at radius 3 is 2.57 bits per heavy atom. The molecule has 1 aliphatic rings. The fraction of sp³-hybridized carbons (Fsp3) is 0.500. The Morgan fingerprint density at radius 1 is 1.35 bits per heavy atom. The average molecular weight is 355 g/mol. The van der Waals surface area contributed by atoms with Gasteiger partial charge in [0.1, 0.15) is 16.7 Å². The van der Waals surface area contributed by atoms with Gasteiger partial charge in [-0.25, -0.2) is 8.42 Å². The molecule has 1 aromatic rings. The summed E-state index contributed by atoms with van der Waals surface area (Å²) >= 11 is 1.31. The first-order valence-corrected chi connectivity index (χ1v) is 9.80. The minimum Gasteiger partial charge on any atom is -0.744 e. The minimum atomic E-state index is -4.46. The molecule has 0 bridgehead atoms. The Balaban J connectivity index is 2.33. The van der Waals surface area contributed by atoms with E-state index in [0.717, 1.165) is 35.7 Å². The molecule has 7 heteroatoms. The Bertz CT molecular complexity index is 779. The molecule has 0 fully saturated rings. The predicted octanol–water partition coefficient (Wildman–Crippen LogP) is 2.66. The molecule has 0 saturated carbocycles. The second-order valence-corrected chi connectivity index (χ2v) is 8.84. The summed E-state index contributed by atoms with van der Waals surface area (Å²) in [6, 6.07) is 4.56. The van der Waals surface area contributed by atoms with Crippen LogP contribution < -0.4 is 0 Å². The van der Waals surface area contributed by atoms with Gasteiger partial charge in [0, 0.05) is 37.7 Å². The van der Waals surface area contributed by atoms with E-state index < -0.39 is 10.1 Å². The second kappa shape index (κ2) is 6.37. The van der Waals surface area contributed by atoms with Gasteiger partial charge in [0.25, 0.3) is 0 Å². The molecule has 126 valence electrons. The van der Waals surface area contributed by atoms with E-state index in [2.05, 4.69) is 4.58 Å². The lowest BCUT2D eigenvalue weighted by molar-refractivity contribution is -0.438. The number of nitrogens with zero attached hydrogens (tertiary/aromatic N) is 1. The van der Waals surface area contributed by atoms with Crippen LogP contribution in [0.15, 0.2) is 23.1 Å². The van der Waals surface area contributed by atoms with Gasteiger partial charge >= 0.3 is 0 Å². The number of benzene rings is 1. The molecule has 1 aliphatic heterocycles. The molecule has 0 amide bonds. The maximum Gasteiger partial charge on any atom is 0.209 e. The predicted molar refractivity (Wildman–Crippen MR) is 90.7 cm³/mol. The molecule has 1 aromatic carbocycles. The lowest BCUT2D eigenvalue weighted by atomic mass is 9.82. The monoisotopic (exact) mass is 355 g/mol. The van der Waals surface area contributed by atoms with Gasteiger partial charge < -0.3 is 4.55 Å². The van der Waals surface area contributed by atoms with Crippen molar-refractivity contribution >= 4 is 38.4 Å². The third kappa shape index (κ3) is 3.67. The van der Waals surface area contributed by atoms with Crippen LogP contribution in [0.3, 0.4) is 0 Å². The van der Waals surface area contributed by atoms with E-state index in [1.54, 1.807) is 13.0 Å². The molecular formula is C16H21NO4S2. The number of rotatable bonds is 5. The molecule has 0 saturated heterocycles. The maximum atomic E-state index is 11.3. The van der Waals surface area contributed by atoms with E-state index >= 15 is 0 Å². The van der Waals surface area contributed by atoms with Gasteiger partial charge in [0.15, 0.2) is 10.8 Å². The Labute approximate surface area is 141 Å². The number of hydrogen-bond donors (Lipinski definition) is 0. The lowest BCUT2D eigenvalue weighted by Crippen LogP contribution is -2.27. The van der Waals surface area contributed by atoms with Crippen LogP contribution in [0.1, 0.15) is 39.7 Å². The van der Waals surface area contributed by atoms with Crippen molar-refractivity contribution < 1.29 is 22.3 Å². The SMILES string of the molecule is CC(=O)SCCC[N+]1=C(C)C(C)(C)c2cc(S(=O)(=O)[O-])ccc21. The molecule has 0 aliphatic carbocycles. The van der Waals surface area contributed by atoms with Crippen molar-refractivity contribution in [3.05, 3.63) is 23.8 Å². The summed E-state index contributed by atoms with van der Waals surface area (Å²) in [6.45, 7) is 8.37. The van der Waals surface area contributed by atoms with Gasteiger partial charge in [-0.1, -0.05) is 11.8 Å². The summed E-state index contributed by atoms with van der Waals surface area (Å²) in [5.41, 5.74) is 2.57. The van der Waals surface area contributed by atoms with E-state index in [1.807, 2.05) is 20.8 Å². The highest BCUT2D eigenvalue weighted by atomic mass is 32.2. The van der Waals surface area contributed by atoms with E-state index in [4.69, 9.17) is 0 Å². The smallest absolute Gasteiger partial charge is 0.209 e. The number of carbonyl (C=O) groups excluding carboxylic acids is 1. The van der Waals surface area contributed by atoms with Crippen molar-refractivity contribution in [3.63, 3.8) is 0 Å². The summed E-state index contributed by atoms with van der Waals surface area (Å²) in [4.78, 5) is 10.8. The van der Waals surface area contributed by atoms with Gasteiger partial charge in [-0.05, 0) is 26.0 Å². The van der Waals surface area contributed by atoms with Crippen molar-refractivity contribution in [3.8, 4) is 0 Å². The van der Waals surface area contributed by atoms with Crippen molar-refractivity contribution in [2.45, 2.75) is 44.4 Å². The zero-order valence-electron chi connectivity index (χ0n) is 13.8. The summed E-state index contributed by atoms with van der Waals surface area (Å²) in [5, 5.41) is 0.109. The molecule has 2 rings (SSSR count). The van der Waals surface area contributed by atoms with Gasteiger partial charge in [-0.15, -0.1) is 0 Å². The Kier molecular flexibility index (Phi) is 5.03. The van der Waals surface area contributed by atoms with Crippen LogP contribution in [0.2, 0.25) is 0 Å². The van der Waals surface area contributed by atoms with Crippen LogP contribution in [0.25, 0.3) is 0 Å². The minimum absolute atomic E-state index is 0.109. The maximum absolute atomic E-state index is 11.3. The largest absolute Gasteiger partial charge is 0.744 e. The standard InChI is InChI=1S/C16H21NO4S2/c1-11-16(3,4)14-10-13(23(19,20)21)6-7-15(14)17(11)8-5-9-22-12(2)18/h6-7,10H,5,8-9H2,1-4H3. The molecule has 0 atom stereocenters. The molecular weight excluding hydrogens is 334 g/mol. The van der Waals surface area contributed by atoms with Crippen LogP contribution >= 0.6 is 11.8 Å². The van der Waals surface area contributed by atoms with Crippen molar-refractivity contribution in [2.75, 3.05) is 12.3 Å². The van der Waals surface area contributed by atoms with Crippen molar-refractivity contribution in [1.29, 1.82) is 0 Å². The zero-order chi connectivity index (χ0) is 17.4. The van der Waals surface area contributed by atoms with E-state index in [-0.39, 0.29) is 15.4 Å². The number of hydrogen-bond acceptors (Lipinski definition) is 5. The molecule has 0 aromatic heterocycles. The van der Waals surface area contributed by atoms with Gasteiger partial charge in [0.2, 0.25) is 5.69 Å². The third-order valence-corrected chi connectivity index (χ3v) is 6.09. The molecule has 0 N–H and O–H groups in total. The Hall–Kier alpha value is -1.18. The fourth-order valence-electron chi connectivity index (χ4n) is 2.85.